The fourth-order valence-electron chi connectivity index (χ4n) is 3.24. The van der Waals surface area contributed by atoms with Crippen LogP contribution in [-0.2, 0) is 17.5 Å². The lowest BCUT2D eigenvalue weighted by atomic mass is 10.1. The van der Waals surface area contributed by atoms with Crippen LogP contribution in [0.1, 0.15) is 34.5 Å². The highest BCUT2D eigenvalue weighted by atomic mass is 19.4. The fourth-order valence-corrected chi connectivity index (χ4v) is 3.24. The summed E-state index contributed by atoms with van der Waals surface area (Å²) in [6.07, 6.45) is -1.82. The highest BCUT2D eigenvalue weighted by Gasteiger charge is 2.32. The number of carbonyl (C=O) groups excluding carboxylic acids is 1. The number of alkyl halides is 3. The Morgan fingerprint density at radius 2 is 1.90 bits per heavy atom. The van der Waals surface area contributed by atoms with Crippen molar-refractivity contribution in [1.82, 2.24) is 9.88 Å². The van der Waals surface area contributed by atoms with Crippen molar-refractivity contribution in [2.75, 3.05) is 32.1 Å². The first-order chi connectivity index (χ1) is 13.7. The topological polar surface area (TPSA) is 45.7 Å². The van der Waals surface area contributed by atoms with Gasteiger partial charge in [0.05, 0.1) is 11.7 Å². The van der Waals surface area contributed by atoms with Gasteiger partial charge in [-0.05, 0) is 42.7 Å². The molecule has 0 spiro atoms. The standard InChI is InChI=1S/C21H24F3N3O2/c1-26(2)17-8-5-15(6-9-17)13-27(14-18-4-3-11-29-18)20(28)16-7-10-19(25-12-16)21(22,23)24/h5-10,12,18H,3-4,11,13-14H2,1-2H3. The highest BCUT2D eigenvalue weighted by molar-refractivity contribution is 5.94. The van der Waals surface area contributed by atoms with Crippen LogP contribution in [0.3, 0.4) is 0 Å². The molecule has 0 radical (unpaired) electrons. The Bertz CT molecular complexity index is 815. The molecular formula is C21H24F3N3O2. The molecule has 1 fully saturated rings. The number of amides is 1. The Balaban J connectivity index is 1.79. The average Bonchev–Trinajstić information content (AvgIpc) is 3.20. The van der Waals surface area contributed by atoms with Crippen LogP contribution in [0.2, 0.25) is 0 Å². The minimum atomic E-state index is -4.53. The summed E-state index contributed by atoms with van der Waals surface area (Å²) in [6.45, 7) is 1.38. The van der Waals surface area contributed by atoms with Gasteiger partial charge >= 0.3 is 6.18 Å². The zero-order chi connectivity index (χ0) is 21.0. The van der Waals surface area contributed by atoms with Crippen molar-refractivity contribution in [3.8, 4) is 0 Å². The monoisotopic (exact) mass is 407 g/mol. The van der Waals surface area contributed by atoms with E-state index < -0.39 is 11.9 Å². The second kappa shape index (κ2) is 8.82. The summed E-state index contributed by atoms with van der Waals surface area (Å²) in [5, 5.41) is 0. The number of hydrogen-bond acceptors (Lipinski definition) is 4. The van der Waals surface area contributed by atoms with Gasteiger partial charge in [0.25, 0.3) is 5.91 Å². The molecule has 0 saturated carbocycles. The second-order valence-electron chi connectivity index (χ2n) is 7.31. The summed E-state index contributed by atoms with van der Waals surface area (Å²) < 4.78 is 43.9. The number of pyridine rings is 1. The lowest BCUT2D eigenvalue weighted by molar-refractivity contribution is -0.141. The molecule has 0 bridgehead atoms. The number of rotatable bonds is 6. The van der Waals surface area contributed by atoms with Gasteiger partial charge in [-0.15, -0.1) is 0 Å². The SMILES string of the molecule is CN(C)c1ccc(CN(CC2CCCO2)C(=O)c2ccc(C(F)(F)F)nc2)cc1. The van der Waals surface area contributed by atoms with Gasteiger partial charge in [0.2, 0.25) is 0 Å². The lowest BCUT2D eigenvalue weighted by Gasteiger charge is -2.26. The molecule has 156 valence electrons. The average molecular weight is 407 g/mol. The van der Waals surface area contributed by atoms with Crippen LogP contribution in [0.5, 0.6) is 0 Å². The quantitative estimate of drug-likeness (QED) is 0.727. The molecule has 0 N–H and O–H groups in total. The third kappa shape index (κ3) is 5.47. The predicted octanol–water partition coefficient (Wildman–Crippen LogP) is 3.99. The minimum Gasteiger partial charge on any atom is -0.378 e. The molecule has 1 aliphatic heterocycles. The Hall–Kier alpha value is -2.61. The van der Waals surface area contributed by atoms with Crippen molar-refractivity contribution < 1.29 is 22.7 Å². The molecule has 1 aromatic heterocycles. The molecule has 29 heavy (non-hydrogen) atoms. The number of carbonyl (C=O) groups is 1. The maximum Gasteiger partial charge on any atom is 0.433 e. The Labute approximate surface area is 168 Å². The van der Waals surface area contributed by atoms with Crippen LogP contribution in [0.25, 0.3) is 0 Å². The van der Waals surface area contributed by atoms with E-state index in [4.69, 9.17) is 4.74 Å². The maximum absolute atomic E-state index is 13.0. The summed E-state index contributed by atoms with van der Waals surface area (Å²) in [5.74, 6) is -0.363. The summed E-state index contributed by atoms with van der Waals surface area (Å²) >= 11 is 0. The predicted molar refractivity (Wildman–Crippen MR) is 104 cm³/mol. The van der Waals surface area contributed by atoms with Crippen molar-refractivity contribution in [3.63, 3.8) is 0 Å². The van der Waals surface area contributed by atoms with E-state index in [1.807, 2.05) is 43.3 Å². The van der Waals surface area contributed by atoms with Gasteiger partial charge in [-0.1, -0.05) is 12.1 Å². The summed E-state index contributed by atoms with van der Waals surface area (Å²) in [4.78, 5) is 20.0. The molecule has 2 heterocycles. The molecule has 5 nitrogen and oxygen atoms in total. The van der Waals surface area contributed by atoms with Crippen LogP contribution in [0.4, 0.5) is 18.9 Å². The van der Waals surface area contributed by atoms with E-state index >= 15 is 0 Å². The van der Waals surface area contributed by atoms with Crippen LogP contribution >= 0.6 is 0 Å². The van der Waals surface area contributed by atoms with Gasteiger partial charge in [0.15, 0.2) is 0 Å². The van der Waals surface area contributed by atoms with E-state index in [0.29, 0.717) is 19.7 Å². The molecule has 1 aromatic carbocycles. The first kappa shape index (κ1) is 21.1. The summed E-state index contributed by atoms with van der Waals surface area (Å²) in [6, 6.07) is 9.82. The van der Waals surface area contributed by atoms with Crippen LogP contribution < -0.4 is 4.90 Å². The maximum atomic E-state index is 13.0. The van der Waals surface area contributed by atoms with Crippen LogP contribution in [-0.4, -0.2) is 49.1 Å². The Morgan fingerprint density at radius 1 is 1.17 bits per heavy atom. The van der Waals surface area contributed by atoms with E-state index in [-0.39, 0.29) is 17.6 Å². The third-order valence-electron chi connectivity index (χ3n) is 4.86. The summed E-state index contributed by atoms with van der Waals surface area (Å²) in [5.41, 5.74) is 1.08. The van der Waals surface area contributed by atoms with Crippen molar-refractivity contribution in [3.05, 3.63) is 59.4 Å². The summed E-state index contributed by atoms with van der Waals surface area (Å²) in [7, 11) is 3.89. The Kier molecular flexibility index (Phi) is 6.42. The highest BCUT2D eigenvalue weighted by Crippen LogP contribution is 2.27. The fraction of sp³-hybridized carbons (Fsp3) is 0.429. The minimum absolute atomic E-state index is 0.0672. The molecule has 0 aliphatic carbocycles. The zero-order valence-electron chi connectivity index (χ0n) is 16.4. The first-order valence-electron chi connectivity index (χ1n) is 9.44. The van der Waals surface area contributed by atoms with Crippen LogP contribution in [0.15, 0.2) is 42.6 Å². The molecule has 1 atom stereocenters. The molecule has 1 aliphatic rings. The van der Waals surface area contributed by atoms with Crippen molar-refractivity contribution in [1.29, 1.82) is 0 Å². The largest absolute Gasteiger partial charge is 0.433 e. The van der Waals surface area contributed by atoms with E-state index in [0.717, 1.165) is 36.4 Å². The van der Waals surface area contributed by atoms with Gasteiger partial charge in [0, 0.05) is 45.7 Å². The molecule has 3 rings (SSSR count). The van der Waals surface area contributed by atoms with Crippen molar-refractivity contribution in [2.45, 2.75) is 31.7 Å². The Morgan fingerprint density at radius 3 is 2.41 bits per heavy atom. The number of ether oxygens (including phenoxy) is 1. The van der Waals surface area contributed by atoms with Gasteiger partial charge in [0.1, 0.15) is 5.69 Å². The number of nitrogens with zero attached hydrogens (tertiary/aromatic N) is 3. The third-order valence-corrected chi connectivity index (χ3v) is 4.86. The molecule has 1 amide bonds. The first-order valence-corrected chi connectivity index (χ1v) is 9.44. The van der Waals surface area contributed by atoms with Gasteiger partial charge in [-0.2, -0.15) is 13.2 Å². The number of benzene rings is 1. The molecule has 8 heteroatoms. The van der Waals surface area contributed by atoms with E-state index in [1.54, 1.807) is 4.90 Å². The normalized spacial score (nSPS) is 16.7. The van der Waals surface area contributed by atoms with Crippen LogP contribution in [0, 0.1) is 0 Å². The molecule has 2 aromatic rings. The molecule has 1 saturated heterocycles. The number of aromatic nitrogens is 1. The zero-order valence-corrected chi connectivity index (χ0v) is 16.4. The van der Waals surface area contributed by atoms with E-state index in [1.165, 1.54) is 6.07 Å². The lowest BCUT2D eigenvalue weighted by Crippen LogP contribution is -2.37. The van der Waals surface area contributed by atoms with E-state index in [9.17, 15) is 18.0 Å². The van der Waals surface area contributed by atoms with Gasteiger partial charge in [-0.3, -0.25) is 9.78 Å². The number of anilines is 1. The number of halogens is 3. The van der Waals surface area contributed by atoms with E-state index in [2.05, 4.69) is 4.98 Å². The van der Waals surface area contributed by atoms with Gasteiger partial charge in [-0.25, -0.2) is 0 Å². The molecular weight excluding hydrogens is 383 g/mol. The smallest absolute Gasteiger partial charge is 0.378 e. The number of hydrogen-bond donors (Lipinski definition) is 0. The molecule has 1 unspecified atom stereocenters. The van der Waals surface area contributed by atoms with Gasteiger partial charge < -0.3 is 14.5 Å². The van der Waals surface area contributed by atoms with Crippen molar-refractivity contribution in [2.24, 2.45) is 0 Å². The second-order valence-corrected chi connectivity index (χ2v) is 7.31. The van der Waals surface area contributed by atoms with Crippen molar-refractivity contribution >= 4 is 11.6 Å².